The number of nitrogens with zero attached hydrogens (tertiary/aromatic N) is 1. The zero-order chi connectivity index (χ0) is 17.9. The minimum absolute atomic E-state index is 0.165. The Balaban J connectivity index is 1.95. The van der Waals surface area contributed by atoms with Crippen LogP contribution >= 0.6 is 22.9 Å². The number of hydrogen-bond donors (Lipinski definition) is 2. The number of carboxylic acids is 1. The third kappa shape index (κ3) is 4.24. The van der Waals surface area contributed by atoms with Gasteiger partial charge in [-0.3, -0.25) is 4.79 Å². The predicted molar refractivity (Wildman–Crippen MR) is 92.1 cm³/mol. The maximum absolute atomic E-state index is 12.0. The summed E-state index contributed by atoms with van der Waals surface area (Å²) in [6.45, 7) is 5.01. The van der Waals surface area contributed by atoms with Crippen molar-refractivity contribution in [2.45, 2.75) is 26.8 Å². The molecule has 1 heterocycles. The van der Waals surface area contributed by atoms with Gasteiger partial charge >= 0.3 is 5.97 Å². The summed E-state index contributed by atoms with van der Waals surface area (Å²) in [7, 11) is 0. The van der Waals surface area contributed by atoms with Gasteiger partial charge in [0.2, 0.25) is 0 Å². The van der Waals surface area contributed by atoms with E-state index in [0.29, 0.717) is 21.5 Å². The highest BCUT2D eigenvalue weighted by atomic mass is 35.5. The van der Waals surface area contributed by atoms with Gasteiger partial charge in [0, 0.05) is 10.6 Å². The van der Waals surface area contributed by atoms with E-state index in [9.17, 15) is 9.59 Å². The Bertz CT molecular complexity index is 775. The number of halogens is 1. The lowest BCUT2D eigenvalue weighted by Gasteiger charge is -2.13. The van der Waals surface area contributed by atoms with Crippen LogP contribution in [-0.4, -0.2) is 28.6 Å². The molecule has 24 heavy (non-hydrogen) atoms. The molecule has 0 bridgehead atoms. The van der Waals surface area contributed by atoms with Gasteiger partial charge in [-0.15, -0.1) is 11.3 Å². The van der Waals surface area contributed by atoms with E-state index in [2.05, 4.69) is 10.3 Å². The topological polar surface area (TPSA) is 88.5 Å². The van der Waals surface area contributed by atoms with Crippen molar-refractivity contribution in [1.29, 1.82) is 0 Å². The fourth-order valence-corrected chi connectivity index (χ4v) is 3.11. The highest BCUT2D eigenvalue weighted by molar-refractivity contribution is 7.13. The second-order valence-corrected chi connectivity index (χ2v) is 6.65. The number of hydrogen-bond acceptors (Lipinski definition) is 5. The number of carbonyl (C=O) groups excluding carboxylic acids is 1. The third-order valence-electron chi connectivity index (χ3n) is 3.33. The van der Waals surface area contributed by atoms with Crippen molar-refractivity contribution in [3.8, 4) is 5.75 Å². The van der Waals surface area contributed by atoms with Crippen molar-refractivity contribution in [1.82, 2.24) is 10.3 Å². The van der Waals surface area contributed by atoms with Gasteiger partial charge in [-0.25, -0.2) is 9.78 Å². The lowest BCUT2D eigenvalue weighted by atomic mass is 10.2. The van der Waals surface area contributed by atoms with E-state index in [4.69, 9.17) is 21.4 Å². The number of carboxylic acid groups (broad SMARTS) is 1. The number of ether oxygens (including phenoxy) is 1. The highest BCUT2D eigenvalue weighted by Gasteiger charge is 2.19. The quantitative estimate of drug-likeness (QED) is 0.816. The van der Waals surface area contributed by atoms with E-state index in [1.165, 1.54) is 0 Å². The number of aromatic nitrogens is 1. The van der Waals surface area contributed by atoms with Gasteiger partial charge in [-0.1, -0.05) is 17.7 Å². The molecular formula is C16H17ClN2O4S. The van der Waals surface area contributed by atoms with Crippen LogP contribution < -0.4 is 10.1 Å². The number of carbonyl (C=O) groups is 2. The van der Waals surface area contributed by atoms with Crippen LogP contribution in [0.3, 0.4) is 0 Å². The molecule has 8 heteroatoms. The third-order valence-corrected chi connectivity index (χ3v) is 5.07. The molecule has 1 unspecified atom stereocenters. The molecule has 6 nitrogen and oxygen atoms in total. The predicted octanol–water partition coefficient (Wildman–Crippen LogP) is 3.37. The summed E-state index contributed by atoms with van der Waals surface area (Å²) in [5, 5.41) is 12.9. The molecule has 0 aliphatic heterocycles. The lowest BCUT2D eigenvalue weighted by molar-refractivity contribution is -0.123. The molecule has 0 fully saturated rings. The maximum Gasteiger partial charge on any atom is 0.347 e. The Kier molecular flexibility index (Phi) is 5.80. The molecule has 1 atom stereocenters. The summed E-state index contributed by atoms with van der Waals surface area (Å²) in [4.78, 5) is 27.4. The molecule has 2 N–H and O–H groups in total. The zero-order valence-corrected chi connectivity index (χ0v) is 15.0. The fraction of sp³-hybridized carbons (Fsp3) is 0.312. The van der Waals surface area contributed by atoms with Gasteiger partial charge in [-0.05, 0) is 32.9 Å². The number of nitrogens with one attached hydrogen (secondary N) is 1. The Morgan fingerprint density at radius 1 is 1.42 bits per heavy atom. The van der Waals surface area contributed by atoms with Crippen molar-refractivity contribution >= 4 is 34.8 Å². The average Bonchev–Trinajstić information content (AvgIpc) is 2.91. The second-order valence-electron chi connectivity index (χ2n) is 5.21. The number of aryl methyl sites for hydroxylation is 1. The van der Waals surface area contributed by atoms with Crippen molar-refractivity contribution < 1.29 is 19.4 Å². The number of thiazole rings is 1. The van der Waals surface area contributed by atoms with E-state index in [1.54, 1.807) is 32.0 Å². The van der Waals surface area contributed by atoms with Gasteiger partial charge in [0.15, 0.2) is 6.61 Å². The van der Waals surface area contributed by atoms with Crippen molar-refractivity contribution in [3.63, 3.8) is 0 Å². The smallest absolute Gasteiger partial charge is 0.347 e. The van der Waals surface area contributed by atoms with Crippen LogP contribution in [0.25, 0.3) is 0 Å². The van der Waals surface area contributed by atoms with E-state index in [-0.39, 0.29) is 17.4 Å². The van der Waals surface area contributed by atoms with Crippen LogP contribution in [0.2, 0.25) is 5.02 Å². The molecular weight excluding hydrogens is 352 g/mol. The first-order valence-electron chi connectivity index (χ1n) is 7.17. The van der Waals surface area contributed by atoms with E-state index >= 15 is 0 Å². The first kappa shape index (κ1) is 18.2. The Labute approximate surface area is 148 Å². The Morgan fingerprint density at radius 3 is 2.75 bits per heavy atom. The number of rotatable bonds is 6. The van der Waals surface area contributed by atoms with Gasteiger partial charge in [-0.2, -0.15) is 0 Å². The zero-order valence-electron chi connectivity index (χ0n) is 13.4. The van der Waals surface area contributed by atoms with E-state index < -0.39 is 12.0 Å². The first-order valence-corrected chi connectivity index (χ1v) is 8.37. The molecule has 0 aliphatic carbocycles. The Morgan fingerprint density at radius 2 is 2.12 bits per heavy atom. The second kappa shape index (κ2) is 7.63. The molecule has 2 rings (SSSR count). The molecule has 0 spiro atoms. The molecule has 0 saturated carbocycles. The van der Waals surface area contributed by atoms with Gasteiger partial charge in [0.05, 0.1) is 11.7 Å². The van der Waals surface area contributed by atoms with Gasteiger partial charge in [0.1, 0.15) is 15.6 Å². The summed E-state index contributed by atoms with van der Waals surface area (Å²) in [6.07, 6.45) is 0. The molecule has 128 valence electrons. The molecule has 1 amide bonds. The van der Waals surface area contributed by atoms with Crippen LogP contribution in [0.5, 0.6) is 5.75 Å². The molecule has 1 aromatic heterocycles. The largest absolute Gasteiger partial charge is 0.483 e. The summed E-state index contributed by atoms with van der Waals surface area (Å²) in [5.74, 6) is -0.801. The lowest BCUT2D eigenvalue weighted by Crippen LogP contribution is -2.31. The molecule has 1 aromatic carbocycles. The number of amides is 1. The van der Waals surface area contributed by atoms with Gasteiger partial charge < -0.3 is 15.2 Å². The van der Waals surface area contributed by atoms with Gasteiger partial charge in [0.25, 0.3) is 5.91 Å². The number of aromatic carboxylic acids is 1. The summed E-state index contributed by atoms with van der Waals surface area (Å²) >= 11 is 7.05. The maximum atomic E-state index is 12.0. The highest BCUT2D eigenvalue weighted by Crippen LogP contribution is 2.25. The minimum atomic E-state index is -1.02. The van der Waals surface area contributed by atoms with Crippen LogP contribution in [0.15, 0.2) is 18.2 Å². The summed E-state index contributed by atoms with van der Waals surface area (Å²) in [5.41, 5.74) is 1.20. The van der Waals surface area contributed by atoms with Crippen molar-refractivity contribution in [3.05, 3.63) is 44.4 Å². The standard InChI is InChI=1S/C16H17ClN2O4S/c1-8-11(17)5-4-6-12(8)23-7-13(20)18-10(3)15-19-9(2)14(24-15)16(21)22/h4-6,10H,7H2,1-3H3,(H,18,20)(H,21,22). The minimum Gasteiger partial charge on any atom is -0.483 e. The fourth-order valence-electron chi connectivity index (χ4n) is 2.03. The van der Waals surface area contributed by atoms with Crippen LogP contribution in [-0.2, 0) is 4.79 Å². The Hall–Kier alpha value is -2.12. The van der Waals surface area contributed by atoms with Crippen LogP contribution in [0.1, 0.15) is 38.9 Å². The summed E-state index contributed by atoms with van der Waals surface area (Å²) in [6, 6.07) is 4.83. The van der Waals surface area contributed by atoms with Crippen LogP contribution in [0, 0.1) is 13.8 Å². The van der Waals surface area contributed by atoms with Crippen molar-refractivity contribution in [2.75, 3.05) is 6.61 Å². The normalized spacial score (nSPS) is 11.8. The van der Waals surface area contributed by atoms with E-state index in [0.717, 1.165) is 16.9 Å². The monoisotopic (exact) mass is 368 g/mol. The van der Waals surface area contributed by atoms with Crippen molar-refractivity contribution in [2.24, 2.45) is 0 Å². The average molecular weight is 369 g/mol. The molecule has 0 aliphatic rings. The molecule has 0 radical (unpaired) electrons. The summed E-state index contributed by atoms with van der Waals surface area (Å²) < 4.78 is 5.48. The SMILES string of the molecule is Cc1nc(C(C)NC(=O)COc2cccc(Cl)c2C)sc1C(=O)O. The van der Waals surface area contributed by atoms with Crippen LogP contribution in [0.4, 0.5) is 0 Å². The van der Waals surface area contributed by atoms with E-state index in [1.807, 2.05) is 6.92 Å². The molecule has 2 aromatic rings. The molecule has 0 saturated heterocycles. The first-order chi connectivity index (χ1) is 11.3. The number of benzene rings is 1.